The summed E-state index contributed by atoms with van der Waals surface area (Å²) in [7, 11) is 1.25. The lowest BCUT2D eigenvalue weighted by Gasteiger charge is -2.38. The van der Waals surface area contributed by atoms with Crippen LogP contribution in [0.25, 0.3) is 0 Å². The number of carbonyl (C=O) groups is 2. The summed E-state index contributed by atoms with van der Waals surface area (Å²) in [4.78, 5) is 24.0. The lowest BCUT2D eigenvalue weighted by atomic mass is 9.77. The van der Waals surface area contributed by atoms with E-state index in [1.807, 2.05) is 0 Å². The molecular weight excluding hydrogens is 294 g/mol. The summed E-state index contributed by atoms with van der Waals surface area (Å²) in [6.07, 6.45) is -0.772. The molecule has 0 aromatic heterocycles. The number of benzene rings is 1. The van der Waals surface area contributed by atoms with Gasteiger partial charge in [-0.3, -0.25) is 5.32 Å². The summed E-state index contributed by atoms with van der Waals surface area (Å²) >= 11 is 5.96. The Kier molecular flexibility index (Phi) is 5.23. The number of hydrogen-bond donors (Lipinski definition) is 1. The Balaban J connectivity index is 2.93. The van der Waals surface area contributed by atoms with E-state index in [0.29, 0.717) is 10.7 Å². The third-order valence-corrected chi connectivity index (χ3v) is 3.74. The molecule has 1 atom stereocenters. The quantitative estimate of drug-likeness (QED) is 0.860. The highest BCUT2D eigenvalue weighted by Crippen LogP contribution is 2.35. The molecule has 116 valence electrons. The molecule has 1 aromatic carbocycles. The molecule has 0 saturated heterocycles. The number of hydrogen-bond acceptors (Lipinski definition) is 4. The van der Waals surface area contributed by atoms with Crippen molar-refractivity contribution in [3.63, 3.8) is 0 Å². The van der Waals surface area contributed by atoms with Gasteiger partial charge in [-0.25, -0.2) is 9.59 Å². The molecule has 0 aliphatic rings. The second kappa shape index (κ2) is 6.35. The minimum Gasteiger partial charge on any atom is -0.466 e. The SMILES string of the molecule is COC(=O)[C@@](C)(OC(=O)Nc1ccccc1Cl)C(C)(C)C. The summed E-state index contributed by atoms with van der Waals surface area (Å²) in [5.74, 6) is -0.621. The van der Waals surface area contributed by atoms with Crippen LogP contribution in [0, 0.1) is 5.41 Å². The standard InChI is InChI=1S/C15H20ClNO4/c1-14(2,3)15(4,12(18)20-5)21-13(19)17-11-9-7-6-8-10(11)16/h6-9H,1-5H3,(H,17,19)/t15-/m1/s1. The van der Waals surface area contributed by atoms with Crippen molar-refractivity contribution in [3.8, 4) is 0 Å². The average molecular weight is 314 g/mol. The zero-order valence-corrected chi connectivity index (χ0v) is 13.6. The van der Waals surface area contributed by atoms with Crippen LogP contribution in [-0.2, 0) is 14.3 Å². The van der Waals surface area contributed by atoms with Crippen LogP contribution in [0.4, 0.5) is 10.5 Å². The molecule has 0 fully saturated rings. The van der Waals surface area contributed by atoms with Crippen molar-refractivity contribution < 1.29 is 19.1 Å². The Morgan fingerprint density at radius 3 is 2.19 bits per heavy atom. The number of nitrogens with one attached hydrogen (secondary N) is 1. The van der Waals surface area contributed by atoms with E-state index in [-0.39, 0.29) is 0 Å². The van der Waals surface area contributed by atoms with Crippen molar-refractivity contribution in [2.75, 3.05) is 12.4 Å². The van der Waals surface area contributed by atoms with Crippen molar-refractivity contribution in [1.29, 1.82) is 0 Å². The van der Waals surface area contributed by atoms with Crippen molar-refractivity contribution in [2.24, 2.45) is 5.41 Å². The Morgan fingerprint density at radius 2 is 1.71 bits per heavy atom. The van der Waals surface area contributed by atoms with E-state index in [4.69, 9.17) is 21.1 Å². The smallest absolute Gasteiger partial charge is 0.412 e. The molecule has 0 radical (unpaired) electrons. The van der Waals surface area contributed by atoms with Crippen LogP contribution in [0.15, 0.2) is 24.3 Å². The highest BCUT2D eigenvalue weighted by Gasteiger charge is 2.49. The van der Waals surface area contributed by atoms with Gasteiger partial charge in [0.1, 0.15) is 0 Å². The molecule has 5 nitrogen and oxygen atoms in total. The van der Waals surface area contributed by atoms with Crippen molar-refractivity contribution >= 4 is 29.4 Å². The predicted octanol–water partition coefficient (Wildman–Crippen LogP) is 3.87. The summed E-state index contributed by atoms with van der Waals surface area (Å²) in [6.45, 7) is 6.87. The highest BCUT2D eigenvalue weighted by atomic mass is 35.5. The Labute approximate surface area is 129 Å². The van der Waals surface area contributed by atoms with Gasteiger partial charge >= 0.3 is 12.1 Å². The fourth-order valence-corrected chi connectivity index (χ4v) is 1.76. The minimum absolute atomic E-state index is 0.380. The van der Waals surface area contributed by atoms with Crippen LogP contribution in [0.3, 0.4) is 0 Å². The molecule has 0 bridgehead atoms. The molecule has 6 heteroatoms. The van der Waals surface area contributed by atoms with Gasteiger partial charge in [-0.05, 0) is 19.1 Å². The summed E-state index contributed by atoms with van der Waals surface area (Å²) in [5, 5.41) is 2.90. The fraction of sp³-hybridized carbons (Fsp3) is 0.467. The first kappa shape index (κ1) is 17.3. The van der Waals surface area contributed by atoms with E-state index in [0.717, 1.165) is 0 Å². The molecule has 1 N–H and O–H groups in total. The van der Waals surface area contributed by atoms with Crippen LogP contribution >= 0.6 is 11.6 Å². The van der Waals surface area contributed by atoms with E-state index >= 15 is 0 Å². The zero-order chi connectivity index (χ0) is 16.3. The lowest BCUT2D eigenvalue weighted by molar-refractivity contribution is -0.171. The number of anilines is 1. The normalized spacial score (nSPS) is 14.0. The van der Waals surface area contributed by atoms with Gasteiger partial charge in [-0.1, -0.05) is 44.5 Å². The van der Waals surface area contributed by atoms with Gasteiger partial charge in [-0.2, -0.15) is 0 Å². The topological polar surface area (TPSA) is 64.6 Å². The largest absolute Gasteiger partial charge is 0.466 e. The Bertz CT molecular complexity index is 539. The number of rotatable bonds is 3. The third kappa shape index (κ3) is 3.88. The van der Waals surface area contributed by atoms with Crippen molar-refractivity contribution in [1.82, 2.24) is 0 Å². The van der Waals surface area contributed by atoms with E-state index in [9.17, 15) is 9.59 Å². The molecule has 0 aliphatic carbocycles. The summed E-state index contributed by atoms with van der Waals surface area (Å²) in [5.41, 5.74) is -1.66. The van der Waals surface area contributed by atoms with Crippen LogP contribution in [-0.4, -0.2) is 24.8 Å². The fourth-order valence-electron chi connectivity index (χ4n) is 1.58. The monoisotopic (exact) mass is 313 g/mol. The predicted molar refractivity (Wildman–Crippen MR) is 81.4 cm³/mol. The van der Waals surface area contributed by atoms with Gasteiger partial charge in [0, 0.05) is 5.41 Å². The first-order chi connectivity index (χ1) is 9.61. The Hall–Kier alpha value is -1.75. The molecule has 0 saturated carbocycles. The minimum atomic E-state index is -1.42. The second-order valence-electron chi connectivity index (χ2n) is 5.77. The number of ether oxygens (including phenoxy) is 2. The number of carbonyl (C=O) groups excluding carboxylic acids is 2. The van der Waals surface area contributed by atoms with E-state index in [1.54, 1.807) is 45.0 Å². The van der Waals surface area contributed by atoms with Gasteiger partial charge in [0.15, 0.2) is 0 Å². The van der Waals surface area contributed by atoms with Crippen LogP contribution in [0.5, 0.6) is 0 Å². The van der Waals surface area contributed by atoms with Gasteiger partial charge in [0.05, 0.1) is 17.8 Å². The molecule has 1 aromatic rings. The summed E-state index contributed by atoms with van der Waals surface area (Å²) in [6, 6.07) is 6.74. The van der Waals surface area contributed by atoms with E-state index in [1.165, 1.54) is 14.0 Å². The second-order valence-corrected chi connectivity index (χ2v) is 6.18. The number of halogens is 1. The molecule has 0 unspecified atom stereocenters. The zero-order valence-electron chi connectivity index (χ0n) is 12.8. The molecule has 1 amide bonds. The summed E-state index contributed by atoms with van der Waals surface area (Å²) < 4.78 is 10.1. The first-order valence-corrected chi connectivity index (χ1v) is 6.82. The number of amides is 1. The number of para-hydroxylation sites is 1. The Morgan fingerprint density at radius 1 is 1.14 bits per heavy atom. The van der Waals surface area contributed by atoms with Gasteiger partial charge in [0.25, 0.3) is 0 Å². The van der Waals surface area contributed by atoms with E-state index in [2.05, 4.69) is 5.32 Å². The van der Waals surface area contributed by atoms with Crippen LogP contribution in [0.1, 0.15) is 27.7 Å². The van der Waals surface area contributed by atoms with Crippen molar-refractivity contribution in [3.05, 3.63) is 29.3 Å². The average Bonchev–Trinajstić information content (AvgIpc) is 2.39. The van der Waals surface area contributed by atoms with Crippen LogP contribution in [0.2, 0.25) is 5.02 Å². The molecule has 1 rings (SSSR count). The van der Waals surface area contributed by atoms with Gasteiger partial charge in [0.2, 0.25) is 5.60 Å². The van der Waals surface area contributed by atoms with Crippen LogP contribution < -0.4 is 5.32 Å². The maximum atomic E-state index is 12.0. The maximum Gasteiger partial charge on any atom is 0.412 e. The molecule has 0 spiro atoms. The highest BCUT2D eigenvalue weighted by molar-refractivity contribution is 6.33. The van der Waals surface area contributed by atoms with Gasteiger partial charge in [-0.15, -0.1) is 0 Å². The first-order valence-electron chi connectivity index (χ1n) is 6.45. The molecule has 0 aliphatic heterocycles. The third-order valence-electron chi connectivity index (χ3n) is 3.41. The lowest BCUT2D eigenvalue weighted by Crippen LogP contribution is -2.52. The number of methoxy groups -OCH3 is 1. The maximum absolute atomic E-state index is 12.0. The number of esters is 1. The molecule has 0 heterocycles. The van der Waals surface area contributed by atoms with E-state index < -0.39 is 23.1 Å². The van der Waals surface area contributed by atoms with Gasteiger partial charge < -0.3 is 9.47 Å². The van der Waals surface area contributed by atoms with Crippen molar-refractivity contribution in [2.45, 2.75) is 33.3 Å². The molecule has 21 heavy (non-hydrogen) atoms. The molecular formula is C15H20ClNO4.